The highest BCUT2D eigenvalue weighted by atomic mass is 32.2. The summed E-state index contributed by atoms with van der Waals surface area (Å²) in [5.41, 5.74) is 1.01. The summed E-state index contributed by atoms with van der Waals surface area (Å²) in [6.45, 7) is 3.20. The first kappa shape index (κ1) is 22.8. The zero-order valence-electron chi connectivity index (χ0n) is 18.0. The molecule has 0 atom stereocenters. The van der Waals surface area contributed by atoms with Crippen LogP contribution in [0.5, 0.6) is 5.75 Å². The van der Waals surface area contributed by atoms with Gasteiger partial charge in [0.1, 0.15) is 23.2 Å². The molecule has 0 spiro atoms. The maximum atomic E-state index is 13.7. The van der Waals surface area contributed by atoms with E-state index in [-0.39, 0.29) is 11.4 Å². The summed E-state index contributed by atoms with van der Waals surface area (Å²) in [6, 6.07) is 12.8. The molecule has 1 aliphatic heterocycles. The molecule has 7 nitrogen and oxygen atoms in total. The van der Waals surface area contributed by atoms with Crippen molar-refractivity contribution in [1.29, 1.82) is 0 Å². The van der Waals surface area contributed by atoms with Crippen molar-refractivity contribution in [3.05, 3.63) is 66.4 Å². The predicted octanol–water partition coefficient (Wildman–Crippen LogP) is 3.82. The summed E-state index contributed by atoms with van der Waals surface area (Å²) in [7, 11) is 1.67. The van der Waals surface area contributed by atoms with Crippen LogP contribution in [0.25, 0.3) is 0 Å². The van der Waals surface area contributed by atoms with Crippen LogP contribution in [-0.4, -0.2) is 54.9 Å². The second-order valence-electron chi connectivity index (χ2n) is 7.30. The van der Waals surface area contributed by atoms with Gasteiger partial charge in [0.2, 0.25) is 5.91 Å². The molecule has 0 aliphatic carbocycles. The number of para-hydroxylation sites is 2. The Kier molecular flexibility index (Phi) is 7.23. The maximum Gasteiger partial charge on any atom is 0.234 e. The summed E-state index contributed by atoms with van der Waals surface area (Å²) < 4.78 is 32.2. The molecule has 33 heavy (non-hydrogen) atoms. The van der Waals surface area contributed by atoms with E-state index in [2.05, 4.69) is 31.2 Å². The topological polar surface area (TPSA) is 70.6 Å². The standard InChI is InChI=1S/C23H23F2N5O2S/c1-32-20-5-3-2-4-19(20)29-10-12-30(13-11-29)21-8-9-26-23(28-21)33-15-22(31)27-18-7-6-16(24)14-17(18)25/h2-9,14H,10-13,15H2,1H3,(H,27,31). The first-order chi connectivity index (χ1) is 16.0. The van der Waals surface area contributed by atoms with Crippen LogP contribution in [0.15, 0.2) is 59.9 Å². The Hall–Kier alpha value is -3.40. The normalized spacial score (nSPS) is 13.7. The number of benzene rings is 2. The molecule has 3 aromatic rings. The van der Waals surface area contributed by atoms with Gasteiger partial charge in [0.25, 0.3) is 0 Å². The third-order valence-corrected chi connectivity index (χ3v) is 6.05. The summed E-state index contributed by atoms with van der Waals surface area (Å²) in [4.78, 5) is 25.4. The second-order valence-corrected chi connectivity index (χ2v) is 8.25. The van der Waals surface area contributed by atoms with E-state index >= 15 is 0 Å². The SMILES string of the molecule is COc1ccccc1N1CCN(c2ccnc(SCC(=O)Nc3ccc(F)cc3F)n2)CC1. The van der Waals surface area contributed by atoms with Crippen molar-refractivity contribution in [1.82, 2.24) is 9.97 Å². The van der Waals surface area contributed by atoms with Gasteiger partial charge in [0, 0.05) is 38.4 Å². The fourth-order valence-electron chi connectivity index (χ4n) is 3.55. The molecule has 2 aromatic carbocycles. The van der Waals surface area contributed by atoms with Crippen LogP contribution in [0.3, 0.4) is 0 Å². The molecule has 1 saturated heterocycles. The number of aromatic nitrogens is 2. The Morgan fingerprint density at radius 3 is 2.61 bits per heavy atom. The molecule has 1 aromatic heterocycles. The number of anilines is 3. The number of amides is 1. The van der Waals surface area contributed by atoms with Gasteiger partial charge < -0.3 is 19.9 Å². The minimum atomic E-state index is -0.820. The van der Waals surface area contributed by atoms with E-state index in [0.29, 0.717) is 5.16 Å². The van der Waals surface area contributed by atoms with Crippen LogP contribution in [-0.2, 0) is 4.79 Å². The zero-order valence-corrected chi connectivity index (χ0v) is 18.8. The molecule has 1 N–H and O–H groups in total. The Morgan fingerprint density at radius 1 is 1.09 bits per heavy atom. The summed E-state index contributed by atoms with van der Waals surface area (Å²) >= 11 is 1.15. The number of carbonyl (C=O) groups excluding carboxylic acids is 1. The third-order valence-electron chi connectivity index (χ3n) is 5.19. The van der Waals surface area contributed by atoms with Crippen molar-refractivity contribution in [3.63, 3.8) is 0 Å². The molecular weight excluding hydrogens is 448 g/mol. The van der Waals surface area contributed by atoms with Crippen LogP contribution in [0.1, 0.15) is 0 Å². The number of thioether (sulfide) groups is 1. The van der Waals surface area contributed by atoms with Gasteiger partial charge >= 0.3 is 0 Å². The number of ether oxygens (including phenoxy) is 1. The highest BCUT2D eigenvalue weighted by Gasteiger charge is 2.21. The average Bonchev–Trinajstić information content (AvgIpc) is 2.85. The molecule has 172 valence electrons. The van der Waals surface area contributed by atoms with Crippen molar-refractivity contribution in [2.24, 2.45) is 0 Å². The number of methoxy groups -OCH3 is 1. The van der Waals surface area contributed by atoms with Gasteiger partial charge in [-0.25, -0.2) is 18.7 Å². The molecular formula is C23H23F2N5O2S. The predicted molar refractivity (Wildman–Crippen MR) is 125 cm³/mol. The first-order valence-corrected chi connectivity index (χ1v) is 11.4. The highest BCUT2D eigenvalue weighted by Crippen LogP contribution is 2.29. The summed E-state index contributed by atoms with van der Waals surface area (Å²) in [5.74, 6) is -0.303. The molecule has 0 unspecified atom stereocenters. The lowest BCUT2D eigenvalue weighted by atomic mass is 10.2. The van der Waals surface area contributed by atoms with Gasteiger partial charge in [-0.1, -0.05) is 23.9 Å². The van der Waals surface area contributed by atoms with E-state index in [1.165, 1.54) is 6.07 Å². The number of nitrogens with zero attached hydrogens (tertiary/aromatic N) is 4. The first-order valence-electron chi connectivity index (χ1n) is 10.4. The lowest BCUT2D eigenvalue weighted by molar-refractivity contribution is -0.113. The number of halogens is 2. The van der Waals surface area contributed by atoms with E-state index in [1.807, 2.05) is 24.3 Å². The van der Waals surface area contributed by atoms with E-state index in [9.17, 15) is 13.6 Å². The van der Waals surface area contributed by atoms with Gasteiger partial charge in [-0.3, -0.25) is 4.79 Å². The van der Waals surface area contributed by atoms with Gasteiger partial charge in [-0.05, 0) is 30.3 Å². The van der Waals surface area contributed by atoms with Crippen molar-refractivity contribution < 1.29 is 18.3 Å². The van der Waals surface area contributed by atoms with Crippen LogP contribution in [0.2, 0.25) is 0 Å². The molecule has 2 heterocycles. The summed E-state index contributed by atoms with van der Waals surface area (Å²) in [6.07, 6.45) is 1.66. The molecule has 0 saturated carbocycles. The lowest BCUT2D eigenvalue weighted by Crippen LogP contribution is -2.47. The van der Waals surface area contributed by atoms with Crippen LogP contribution in [0.4, 0.5) is 26.0 Å². The van der Waals surface area contributed by atoms with Crippen molar-refractivity contribution in [2.75, 3.05) is 54.2 Å². The van der Waals surface area contributed by atoms with E-state index < -0.39 is 17.5 Å². The highest BCUT2D eigenvalue weighted by molar-refractivity contribution is 7.99. The van der Waals surface area contributed by atoms with E-state index in [4.69, 9.17) is 4.74 Å². The Morgan fingerprint density at radius 2 is 1.85 bits per heavy atom. The second kappa shape index (κ2) is 10.5. The van der Waals surface area contributed by atoms with Crippen molar-refractivity contribution in [3.8, 4) is 5.75 Å². The van der Waals surface area contributed by atoms with Crippen molar-refractivity contribution in [2.45, 2.75) is 5.16 Å². The van der Waals surface area contributed by atoms with Crippen LogP contribution in [0, 0.1) is 11.6 Å². The molecule has 10 heteroatoms. The molecule has 4 rings (SSSR count). The summed E-state index contributed by atoms with van der Waals surface area (Å²) in [5, 5.41) is 2.89. The number of nitrogens with one attached hydrogen (secondary N) is 1. The number of hydrogen-bond acceptors (Lipinski definition) is 7. The van der Waals surface area contributed by atoms with Crippen LogP contribution < -0.4 is 19.9 Å². The van der Waals surface area contributed by atoms with E-state index in [0.717, 1.165) is 67.3 Å². The Balaban J connectivity index is 1.32. The number of carbonyl (C=O) groups is 1. The average molecular weight is 472 g/mol. The van der Waals surface area contributed by atoms with Gasteiger partial charge in [-0.15, -0.1) is 0 Å². The molecule has 0 bridgehead atoms. The van der Waals surface area contributed by atoms with E-state index in [1.54, 1.807) is 13.3 Å². The zero-order chi connectivity index (χ0) is 23.2. The molecule has 1 aliphatic rings. The van der Waals surface area contributed by atoms with Crippen LogP contribution >= 0.6 is 11.8 Å². The number of hydrogen-bond donors (Lipinski definition) is 1. The number of rotatable bonds is 7. The minimum absolute atomic E-state index is 0.00183. The maximum absolute atomic E-state index is 13.7. The Bertz CT molecular complexity index is 1130. The fraction of sp³-hybridized carbons (Fsp3) is 0.261. The molecule has 0 radical (unpaired) electrons. The van der Waals surface area contributed by atoms with Gasteiger partial charge in [0.05, 0.1) is 24.2 Å². The van der Waals surface area contributed by atoms with Gasteiger partial charge in [0.15, 0.2) is 5.16 Å². The fourth-order valence-corrected chi connectivity index (χ4v) is 4.18. The molecule has 1 fully saturated rings. The third kappa shape index (κ3) is 5.70. The van der Waals surface area contributed by atoms with Gasteiger partial charge in [-0.2, -0.15) is 0 Å². The quantitative estimate of drug-likeness (QED) is 0.415. The van der Waals surface area contributed by atoms with Crippen molar-refractivity contribution >= 4 is 34.9 Å². The Labute approximate surface area is 194 Å². The smallest absolute Gasteiger partial charge is 0.234 e. The largest absolute Gasteiger partial charge is 0.495 e. The minimum Gasteiger partial charge on any atom is -0.495 e. The lowest BCUT2D eigenvalue weighted by Gasteiger charge is -2.37. The number of piperazine rings is 1. The molecule has 1 amide bonds. The monoisotopic (exact) mass is 471 g/mol.